The first kappa shape index (κ1) is 26.0. The number of anilines is 2. The maximum absolute atomic E-state index is 12.2. The fourth-order valence-electron chi connectivity index (χ4n) is 4.25. The molecule has 0 atom stereocenters. The lowest BCUT2D eigenvalue weighted by Crippen LogP contribution is -2.31. The van der Waals surface area contributed by atoms with E-state index in [-0.39, 0.29) is 0 Å². The lowest BCUT2D eigenvalue weighted by atomic mass is 10.0. The zero-order chi connectivity index (χ0) is 23.0. The van der Waals surface area contributed by atoms with Gasteiger partial charge in [0, 0.05) is 0 Å². The number of carbonyl (C=O) groups excluding carboxylic acids is 1. The summed E-state index contributed by atoms with van der Waals surface area (Å²) < 4.78 is 0. The quantitative estimate of drug-likeness (QED) is 0.263. The number of urea groups is 1. The number of primary amides is 1. The van der Waals surface area contributed by atoms with Crippen LogP contribution < -0.4 is 10.6 Å². The SMILES string of the molecule is CCCCCCCCc1ccc(N(C(N)=O)c2ccc(CCCCCCCC)cc2)cc1. The van der Waals surface area contributed by atoms with Gasteiger partial charge in [0.25, 0.3) is 0 Å². The van der Waals surface area contributed by atoms with Gasteiger partial charge in [-0.2, -0.15) is 0 Å². The molecule has 32 heavy (non-hydrogen) atoms. The average molecular weight is 437 g/mol. The number of carbonyl (C=O) groups is 1. The molecule has 2 rings (SSSR count). The van der Waals surface area contributed by atoms with Gasteiger partial charge in [0.05, 0.1) is 11.4 Å². The molecule has 3 heteroatoms. The van der Waals surface area contributed by atoms with Crippen LogP contribution in [0, 0.1) is 0 Å². The van der Waals surface area contributed by atoms with E-state index in [4.69, 9.17) is 5.73 Å². The van der Waals surface area contributed by atoms with E-state index in [0.717, 1.165) is 24.2 Å². The summed E-state index contributed by atoms with van der Waals surface area (Å²) in [4.78, 5) is 13.8. The number of benzene rings is 2. The van der Waals surface area contributed by atoms with Crippen LogP contribution in [0.5, 0.6) is 0 Å². The zero-order valence-corrected chi connectivity index (χ0v) is 20.5. The number of nitrogens with two attached hydrogens (primary N) is 1. The molecule has 0 fully saturated rings. The number of amides is 2. The Morgan fingerprint density at radius 3 is 1.28 bits per heavy atom. The molecule has 2 amide bonds. The average Bonchev–Trinajstić information content (AvgIpc) is 2.80. The molecular weight excluding hydrogens is 392 g/mol. The number of unbranched alkanes of at least 4 members (excludes halogenated alkanes) is 10. The summed E-state index contributed by atoms with van der Waals surface area (Å²) in [5, 5.41) is 0. The van der Waals surface area contributed by atoms with E-state index in [1.165, 1.54) is 88.2 Å². The second-order valence-corrected chi connectivity index (χ2v) is 9.04. The molecule has 0 aromatic heterocycles. The normalized spacial score (nSPS) is 10.9. The van der Waals surface area contributed by atoms with E-state index in [1.807, 2.05) is 24.3 Å². The van der Waals surface area contributed by atoms with E-state index in [2.05, 4.69) is 38.1 Å². The maximum atomic E-state index is 12.2. The van der Waals surface area contributed by atoms with Crippen LogP contribution >= 0.6 is 0 Å². The predicted octanol–water partition coefficient (Wildman–Crippen LogP) is 8.71. The van der Waals surface area contributed by atoms with Crippen LogP contribution in [0.15, 0.2) is 48.5 Å². The number of hydrogen-bond donors (Lipinski definition) is 1. The number of nitrogens with zero attached hydrogens (tertiary/aromatic N) is 1. The van der Waals surface area contributed by atoms with Crippen LogP contribution in [0.3, 0.4) is 0 Å². The third kappa shape index (κ3) is 9.46. The molecule has 2 aromatic rings. The Morgan fingerprint density at radius 2 is 0.938 bits per heavy atom. The minimum atomic E-state index is -0.447. The topological polar surface area (TPSA) is 46.3 Å². The van der Waals surface area contributed by atoms with Crippen molar-refractivity contribution in [2.45, 2.75) is 104 Å². The summed E-state index contributed by atoms with van der Waals surface area (Å²) in [5.74, 6) is 0. The van der Waals surface area contributed by atoms with Crippen molar-refractivity contribution in [1.82, 2.24) is 0 Å². The lowest BCUT2D eigenvalue weighted by molar-refractivity contribution is 0.256. The second-order valence-electron chi connectivity index (χ2n) is 9.04. The Kier molecular flexibility index (Phi) is 12.6. The first-order valence-corrected chi connectivity index (χ1v) is 12.9. The Morgan fingerprint density at radius 1 is 0.594 bits per heavy atom. The summed E-state index contributed by atoms with van der Waals surface area (Å²) in [5.41, 5.74) is 10.0. The smallest absolute Gasteiger partial charge is 0.323 e. The van der Waals surface area contributed by atoms with E-state index in [1.54, 1.807) is 4.90 Å². The van der Waals surface area contributed by atoms with Gasteiger partial charge in [-0.15, -0.1) is 0 Å². The van der Waals surface area contributed by atoms with Crippen molar-refractivity contribution in [1.29, 1.82) is 0 Å². The van der Waals surface area contributed by atoms with Gasteiger partial charge in [-0.05, 0) is 61.1 Å². The molecule has 0 bridgehead atoms. The van der Waals surface area contributed by atoms with E-state index >= 15 is 0 Å². The third-order valence-corrected chi connectivity index (χ3v) is 6.25. The number of aryl methyl sites for hydroxylation is 2. The zero-order valence-electron chi connectivity index (χ0n) is 20.5. The molecule has 0 heterocycles. The van der Waals surface area contributed by atoms with Crippen molar-refractivity contribution in [3.63, 3.8) is 0 Å². The van der Waals surface area contributed by atoms with Crippen molar-refractivity contribution in [2.24, 2.45) is 5.73 Å². The summed E-state index contributed by atoms with van der Waals surface area (Å²) in [6.07, 6.45) is 17.8. The number of rotatable bonds is 16. The molecule has 2 aromatic carbocycles. The van der Waals surface area contributed by atoms with E-state index in [0.29, 0.717) is 0 Å². The number of hydrogen-bond acceptors (Lipinski definition) is 1. The van der Waals surface area contributed by atoms with Gasteiger partial charge in [-0.1, -0.05) is 102 Å². The van der Waals surface area contributed by atoms with Gasteiger partial charge in [-0.25, -0.2) is 4.79 Å². The molecule has 0 unspecified atom stereocenters. The summed E-state index contributed by atoms with van der Waals surface area (Å²) >= 11 is 0. The molecule has 3 nitrogen and oxygen atoms in total. The van der Waals surface area contributed by atoms with Crippen molar-refractivity contribution in [3.8, 4) is 0 Å². The third-order valence-electron chi connectivity index (χ3n) is 6.25. The molecule has 2 N–H and O–H groups in total. The van der Waals surface area contributed by atoms with Crippen LogP contribution in [0.25, 0.3) is 0 Å². The van der Waals surface area contributed by atoms with Crippen molar-refractivity contribution in [3.05, 3.63) is 59.7 Å². The molecule has 0 saturated heterocycles. The van der Waals surface area contributed by atoms with Gasteiger partial charge in [0.1, 0.15) is 0 Å². The van der Waals surface area contributed by atoms with Crippen LogP contribution in [0.4, 0.5) is 16.2 Å². The second kappa shape index (κ2) is 15.5. The van der Waals surface area contributed by atoms with Gasteiger partial charge in [0.2, 0.25) is 0 Å². The molecule has 0 aliphatic carbocycles. The highest BCUT2D eigenvalue weighted by Crippen LogP contribution is 2.26. The van der Waals surface area contributed by atoms with Gasteiger partial charge in [0.15, 0.2) is 0 Å². The maximum Gasteiger partial charge on any atom is 0.323 e. The highest BCUT2D eigenvalue weighted by Gasteiger charge is 2.15. The van der Waals surface area contributed by atoms with Crippen molar-refractivity contribution < 1.29 is 4.79 Å². The molecule has 0 spiro atoms. The van der Waals surface area contributed by atoms with Crippen LogP contribution in [-0.2, 0) is 12.8 Å². The molecule has 176 valence electrons. The Labute approximate surface area is 196 Å². The Hall–Kier alpha value is -2.29. The van der Waals surface area contributed by atoms with E-state index < -0.39 is 6.03 Å². The van der Waals surface area contributed by atoms with Gasteiger partial charge >= 0.3 is 6.03 Å². The first-order chi connectivity index (χ1) is 15.7. The van der Waals surface area contributed by atoms with Gasteiger partial charge in [-0.3, -0.25) is 4.90 Å². The molecule has 0 radical (unpaired) electrons. The first-order valence-electron chi connectivity index (χ1n) is 12.9. The summed E-state index contributed by atoms with van der Waals surface area (Å²) in [7, 11) is 0. The Balaban J connectivity index is 1.87. The predicted molar refractivity (Wildman–Crippen MR) is 139 cm³/mol. The Bertz CT molecular complexity index is 692. The van der Waals surface area contributed by atoms with Crippen LogP contribution in [-0.4, -0.2) is 6.03 Å². The minimum Gasteiger partial charge on any atom is -0.351 e. The standard InChI is InChI=1S/C29H44N2O/c1-3-5-7-9-11-13-15-25-17-21-27(22-18-25)31(29(30)32)28-23-19-26(20-24-28)16-14-12-10-8-6-4-2/h17-24H,3-16H2,1-2H3,(H2,30,32). The largest absolute Gasteiger partial charge is 0.351 e. The minimum absolute atomic E-state index is 0.447. The summed E-state index contributed by atoms with van der Waals surface area (Å²) in [6.45, 7) is 4.50. The fourth-order valence-corrected chi connectivity index (χ4v) is 4.25. The summed E-state index contributed by atoms with van der Waals surface area (Å²) in [6, 6.07) is 16.1. The van der Waals surface area contributed by atoms with Gasteiger partial charge < -0.3 is 5.73 Å². The highest BCUT2D eigenvalue weighted by molar-refractivity contribution is 5.98. The fraction of sp³-hybridized carbons (Fsp3) is 0.552. The monoisotopic (exact) mass is 436 g/mol. The molecule has 0 aliphatic heterocycles. The van der Waals surface area contributed by atoms with Crippen molar-refractivity contribution in [2.75, 3.05) is 4.90 Å². The molecule has 0 aliphatic rings. The lowest BCUT2D eigenvalue weighted by Gasteiger charge is -2.21. The van der Waals surface area contributed by atoms with Crippen molar-refractivity contribution >= 4 is 17.4 Å². The van der Waals surface area contributed by atoms with E-state index in [9.17, 15) is 4.79 Å². The molecular formula is C29H44N2O. The van der Waals surface area contributed by atoms with Crippen LogP contribution in [0.1, 0.15) is 102 Å². The van der Waals surface area contributed by atoms with Crippen LogP contribution in [0.2, 0.25) is 0 Å². The highest BCUT2D eigenvalue weighted by atomic mass is 16.2. The molecule has 0 saturated carbocycles.